The lowest BCUT2D eigenvalue weighted by Gasteiger charge is -2.41. The lowest BCUT2D eigenvalue weighted by atomic mass is 9.78. The van der Waals surface area contributed by atoms with Gasteiger partial charge >= 0.3 is 5.97 Å². The Morgan fingerprint density at radius 2 is 1.94 bits per heavy atom. The molecule has 0 aromatic heterocycles. The second-order valence-electron chi connectivity index (χ2n) is 9.67. The summed E-state index contributed by atoms with van der Waals surface area (Å²) in [5.74, 6) is -2.79. The van der Waals surface area contributed by atoms with Gasteiger partial charge in [-0.3, -0.25) is 14.4 Å². The largest absolute Gasteiger partial charge is 0.461 e. The van der Waals surface area contributed by atoms with E-state index in [-0.39, 0.29) is 37.0 Å². The van der Waals surface area contributed by atoms with Crippen molar-refractivity contribution < 1.29 is 29.0 Å². The monoisotopic (exact) mass is 446 g/mol. The molecule has 1 N–H and O–H groups in total. The SMILES string of the molecule is CCCC(C)N1CC=C[C@]23O[C@@H]4C=CCOC(=O)[C@@H]4[C@H]2C(=O)N([C@@H](CO)C(C)C)C3C1=O. The van der Waals surface area contributed by atoms with E-state index in [1.807, 2.05) is 32.9 Å². The fraction of sp³-hybridized carbons (Fsp3) is 0.708. The minimum Gasteiger partial charge on any atom is -0.461 e. The summed E-state index contributed by atoms with van der Waals surface area (Å²) in [7, 11) is 0. The number of cyclic esters (lactones) is 1. The van der Waals surface area contributed by atoms with Gasteiger partial charge in [0.15, 0.2) is 0 Å². The first kappa shape index (κ1) is 23.0. The summed E-state index contributed by atoms with van der Waals surface area (Å²) in [6, 6.07) is -1.51. The van der Waals surface area contributed by atoms with Crippen LogP contribution in [0.2, 0.25) is 0 Å². The van der Waals surface area contributed by atoms with Gasteiger partial charge in [-0.15, -0.1) is 0 Å². The second kappa shape index (κ2) is 8.63. The Morgan fingerprint density at radius 3 is 2.59 bits per heavy atom. The highest BCUT2D eigenvalue weighted by Crippen LogP contribution is 2.54. The Bertz CT molecular complexity index is 838. The summed E-state index contributed by atoms with van der Waals surface area (Å²) in [4.78, 5) is 44.1. The van der Waals surface area contributed by atoms with Crippen LogP contribution in [0.15, 0.2) is 24.3 Å². The number of carbonyl (C=O) groups is 3. The minimum absolute atomic E-state index is 0.00771. The van der Waals surface area contributed by atoms with E-state index in [0.717, 1.165) is 12.8 Å². The maximum absolute atomic E-state index is 14.0. The Kier molecular flexibility index (Phi) is 6.20. The predicted molar refractivity (Wildman–Crippen MR) is 116 cm³/mol. The lowest BCUT2D eigenvalue weighted by Crippen LogP contribution is -2.60. The van der Waals surface area contributed by atoms with Crippen LogP contribution < -0.4 is 0 Å². The van der Waals surface area contributed by atoms with Gasteiger partial charge in [-0.05, 0) is 25.3 Å². The molecule has 2 amide bonds. The lowest BCUT2D eigenvalue weighted by molar-refractivity contribution is -0.156. The summed E-state index contributed by atoms with van der Waals surface area (Å²) in [6.07, 6.45) is 8.33. The van der Waals surface area contributed by atoms with Gasteiger partial charge in [0, 0.05) is 12.6 Å². The summed E-state index contributed by atoms with van der Waals surface area (Å²) in [5.41, 5.74) is -1.27. The van der Waals surface area contributed by atoms with Gasteiger partial charge in [0.05, 0.1) is 24.7 Å². The summed E-state index contributed by atoms with van der Waals surface area (Å²) >= 11 is 0. The van der Waals surface area contributed by atoms with Gasteiger partial charge in [-0.1, -0.05) is 45.4 Å². The van der Waals surface area contributed by atoms with Gasteiger partial charge in [-0.25, -0.2) is 0 Å². The van der Waals surface area contributed by atoms with Crippen LogP contribution in [0, 0.1) is 17.8 Å². The second-order valence-corrected chi connectivity index (χ2v) is 9.67. The molecular weight excluding hydrogens is 412 g/mol. The van der Waals surface area contributed by atoms with Crippen molar-refractivity contribution in [2.24, 2.45) is 17.8 Å². The van der Waals surface area contributed by atoms with Gasteiger partial charge < -0.3 is 24.4 Å². The number of amides is 2. The van der Waals surface area contributed by atoms with Crippen LogP contribution in [-0.4, -0.2) is 82.3 Å². The highest BCUT2D eigenvalue weighted by atomic mass is 16.6. The number of aliphatic hydroxyl groups is 1. The first-order valence-corrected chi connectivity index (χ1v) is 11.7. The van der Waals surface area contributed by atoms with E-state index in [2.05, 4.69) is 6.92 Å². The van der Waals surface area contributed by atoms with Gasteiger partial charge in [0.2, 0.25) is 11.8 Å². The molecule has 8 heteroatoms. The molecule has 2 unspecified atom stereocenters. The molecule has 0 radical (unpaired) electrons. The maximum atomic E-state index is 14.0. The van der Waals surface area contributed by atoms with Crippen LogP contribution in [0.4, 0.5) is 0 Å². The van der Waals surface area contributed by atoms with Crippen molar-refractivity contribution in [3.63, 3.8) is 0 Å². The third-order valence-electron chi connectivity index (χ3n) is 7.44. The van der Waals surface area contributed by atoms with Crippen molar-refractivity contribution in [1.82, 2.24) is 9.80 Å². The third-order valence-corrected chi connectivity index (χ3v) is 7.44. The molecule has 176 valence electrons. The molecule has 0 aromatic rings. The fourth-order valence-electron chi connectivity index (χ4n) is 5.87. The average molecular weight is 447 g/mol. The van der Waals surface area contributed by atoms with Gasteiger partial charge in [0.1, 0.15) is 24.2 Å². The van der Waals surface area contributed by atoms with E-state index < -0.39 is 41.6 Å². The molecule has 32 heavy (non-hydrogen) atoms. The maximum Gasteiger partial charge on any atom is 0.313 e. The molecular formula is C24H34N2O6. The number of fused-ring (bicyclic) bond motifs is 2. The summed E-state index contributed by atoms with van der Waals surface area (Å²) < 4.78 is 11.8. The number of carbonyl (C=O) groups excluding carboxylic acids is 3. The highest BCUT2D eigenvalue weighted by Gasteiger charge is 2.72. The Balaban J connectivity index is 1.85. The van der Waals surface area contributed by atoms with Crippen molar-refractivity contribution in [1.29, 1.82) is 0 Å². The number of ether oxygens (including phenoxy) is 2. The Morgan fingerprint density at radius 1 is 1.19 bits per heavy atom. The number of likely N-dealkylation sites (tertiary alicyclic amines) is 1. The predicted octanol–water partition coefficient (Wildman–Crippen LogP) is 1.28. The van der Waals surface area contributed by atoms with Crippen molar-refractivity contribution in [2.75, 3.05) is 19.8 Å². The number of aliphatic hydroxyl groups excluding tert-OH is 1. The van der Waals surface area contributed by atoms with E-state index in [1.54, 1.807) is 17.1 Å². The molecule has 2 fully saturated rings. The van der Waals surface area contributed by atoms with Crippen LogP contribution in [-0.2, 0) is 23.9 Å². The van der Waals surface area contributed by atoms with E-state index in [1.165, 1.54) is 4.90 Å². The van der Waals surface area contributed by atoms with Crippen LogP contribution in [0.25, 0.3) is 0 Å². The van der Waals surface area contributed by atoms with Crippen molar-refractivity contribution in [3.8, 4) is 0 Å². The molecule has 4 rings (SSSR count). The fourth-order valence-corrected chi connectivity index (χ4v) is 5.87. The topological polar surface area (TPSA) is 96.4 Å². The highest BCUT2D eigenvalue weighted by molar-refractivity contribution is 5.99. The zero-order valence-corrected chi connectivity index (χ0v) is 19.3. The zero-order valence-electron chi connectivity index (χ0n) is 19.3. The first-order valence-electron chi connectivity index (χ1n) is 11.7. The zero-order chi connectivity index (χ0) is 23.2. The number of rotatable bonds is 6. The van der Waals surface area contributed by atoms with Crippen molar-refractivity contribution in [3.05, 3.63) is 24.3 Å². The van der Waals surface area contributed by atoms with Crippen molar-refractivity contribution in [2.45, 2.75) is 70.4 Å². The Hall–Kier alpha value is -2.19. The Labute approximate surface area is 189 Å². The van der Waals surface area contributed by atoms with Crippen molar-refractivity contribution >= 4 is 17.8 Å². The van der Waals surface area contributed by atoms with Crippen LogP contribution in [0.5, 0.6) is 0 Å². The number of nitrogens with zero attached hydrogens (tertiary/aromatic N) is 2. The molecule has 4 aliphatic heterocycles. The van der Waals surface area contributed by atoms with E-state index >= 15 is 0 Å². The smallest absolute Gasteiger partial charge is 0.313 e. The molecule has 0 aromatic carbocycles. The van der Waals surface area contributed by atoms with Crippen LogP contribution in [0.3, 0.4) is 0 Å². The molecule has 0 bridgehead atoms. The number of esters is 1. The van der Waals surface area contributed by atoms with E-state index in [0.29, 0.717) is 6.54 Å². The normalized spacial score (nSPS) is 35.9. The molecule has 0 saturated carbocycles. The van der Waals surface area contributed by atoms with E-state index in [4.69, 9.17) is 9.47 Å². The average Bonchev–Trinajstić information content (AvgIpc) is 3.03. The third kappa shape index (κ3) is 3.30. The molecule has 2 saturated heterocycles. The minimum atomic E-state index is -1.27. The molecule has 4 aliphatic rings. The van der Waals surface area contributed by atoms with Crippen LogP contribution in [0.1, 0.15) is 40.5 Å². The molecule has 0 aliphatic carbocycles. The standard InChI is InChI=1S/C24H34N2O6/c1-5-8-15(4)25-11-7-10-24-19(18-17(32-24)9-6-12-31-23(18)30)21(28)26(20(24)22(25)29)16(13-27)14(2)3/h6-7,9-10,14-20,27H,5,8,11-13H2,1-4H3/t15?,16-,17+,18-,19-,20?,24-/m0/s1. The number of hydrogen-bond donors (Lipinski definition) is 1. The van der Waals surface area contributed by atoms with E-state index in [9.17, 15) is 19.5 Å². The molecule has 8 nitrogen and oxygen atoms in total. The van der Waals surface area contributed by atoms with Gasteiger partial charge in [-0.2, -0.15) is 0 Å². The summed E-state index contributed by atoms with van der Waals surface area (Å²) in [6.45, 7) is 8.19. The quantitative estimate of drug-likeness (QED) is 0.488. The number of hydrogen-bond acceptors (Lipinski definition) is 6. The molecule has 1 spiro atoms. The van der Waals surface area contributed by atoms with Crippen LogP contribution >= 0.6 is 0 Å². The molecule has 4 heterocycles. The van der Waals surface area contributed by atoms with Gasteiger partial charge in [0.25, 0.3) is 0 Å². The molecule has 7 atom stereocenters. The first-order chi connectivity index (χ1) is 15.3. The summed E-state index contributed by atoms with van der Waals surface area (Å²) in [5, 5.41) is 10.2.